The quantitative estimate of drug-likeness (QED) is 0.805. The third-order valence-electron chi connectivity index (χ3n) is 3.02. The van der Waals surface area contributed by atoms with Gasteiger partial charge in [-0.15, -0.1) is 0 Å². The minimum atomic E-state index is -0.0287. The lowest BCUT2D eigenvalue weighted by atomic mass is 10.2. The molecule has 0 spiro atoms. The molecule has 1 heterocycles. The van der Waals surface area contributed by atoms with E-state index in [-0.39, 0.29) is 5.91 Å². The molecule has 0 unspecified atom stereocenters. The van der Waals surface area contributed by atoms with Crippen LogP contribution in [-0.2, 0) is 18.3 Å². The SMILES string of the molecule is COCCN(Cc1ccccc1)C(=O)c1cnn(C)c1. The van der Waals surface area contributed by atoms with Crippen molar-refractivity contribution in [3.8, 4) is 0 Å². The maximum atomic E-state index is 12.5. The molecule has 0 N–H and O–H groups in total. The molecular weight excluding hydrogens is 254 g/mol. The van der Waals surface area contributed by atoms with Gasteiger partial charge in [-0.25, -0.2) is 0 Å². The molecule has 2 rings (SSSR count). The van der Waals surface area contributed by atoms with Gasteiger partial charge in [0.25, 0.3) is 5.91 Å². The van der Waals surface area contributed by atoms with Crippen LogP contribution in [0.5, 0.6) is 0 Å². The van der Waals surface area contributed by atoms with Crippen molar-refractivity contribution in [1.82, 2.24) is 14.7 Å². The molecule has 0 atom stereocenters. The zero-order valence-electron chi connectivity index (χ0n) is 11.8. The average Bonchev–Trinajstić information content (AvgIpc) is 2.90. The lowest BCUT2D eigenvalue weighted by molar-refractivity contribution is 0.0680. The Balaban J connectivity index is 2.12. The van der Waals surface area contributed by atoms with Crippen LogP contribution < -0.4 is 0 Å². The number of nitrogens with zero attached hydrogens (tertiary/aromatic N) is 3. The molecule has 0 aliphatic carbocycles. The van der Waals surface area contributed by atoms with E-state index in [1.165, 1.54) is 0 Å². The predicted molar refractivity (Wildman–Crippen MR) is 76.3 cm³/mol. The summed E-state index contributed by atoms with van der Waals surface area (Å²) in [4.78, 5) is 14.3. The minimum Gasteiger partial charge on any atom is -0.383 e. The van der Waals surface area contributed by atoms with Gasteiger partial charge in [0.2, 0.25) is 0 Å². The van der Waals surface area contributed by atoms with E-state index in [9.17, 15) is 4.79 Å². The van der Waals surface area contributed by atoms with E-state index >= 15 is 0 Å². The summed E-state index contributed by atoms with van der Waals surface area (Å²) in [6.45, 7) is 1.63. The number of rotatable bonds is 6. The van der Waals surface area contributed by atoms with Crippen LogP contribution in [0.1, 0.15) is 15.9 Å². The van der Waals surface area contributed by atoms with Crippen molar-refractivity contribution in [3.63, 3.8) is 0 Å². The summed E-state index contributed by atoms with van der Waals surface area (Å²) in [6, 6.07) is 9.93. The summed E-state index contributed by atoms with van der Waals surface area (Å²) >= 11 is 0. The highest BCUT2D eigenvalue weighted by Crippen LogP contribution is 2.09. The molecule has 1 aromatic heterocycles. The molecule has 0 radical (unpaired) electrons. The first-order chi connectivity index (χ1) is 9.70. The lowest BCUT2D eigenvalue weighted by Gasteiger charge is -2.22. The van der Waals surface area contributed by atoms with E-state index in [1.807, 2.05) is 30.3 Å². The second-order valence-electron chi connectivity index (χ2n) is 4.61. The van der Waals surface area contributed by atoms with Gasteiger partial charge < -0.3 is 9.64 Å². The average molecular weight is 273 g/mol. The molecule has 1 amide bonds. The fourth-order valence-electron chi connectivity index (χ4n) is 1.97. The molecule has 5 nitrogen and oxygen atoms in total. The first-order valence-corrected chi connectivity index (χ1v) is 6.51. The third-order valence-corrected chi connectivity index (χ3v) is 3.02. The van der Waals surface area contributed by atoms with Crippen LogP contribution in [0, 0.1) is 0 Å². The van der Waals surface area contributed by atoms with Gasteiger partial charge in [-0.05, 0) is 5.56 Å². The van der Waals surface area contributed by atoms with Crippen LogP contribution >= 0.6 is 0 Å². The van der Waals surface area contributed by atoms with Gasteiger partial charge in [-0.2, -0.15) is 5.10 Å². The number of hydrogen-bond acceptors (Lipinski definition) is 3. The second-order valence-corrected chi connectivity index (χ2v) is 4.61. The number of carbonyl (C=O) groups excluding carboxylic acids is 1. The maximum Gasteiger partial charge on any atom is 0.257 e. The van der Waals surface area contributed by atoms with E-state index in [2.05, 4.69) is 5.10 Å². The van der Waals surface area contributed by atoms with Gasteiger partial charge in [0.1, 0.15) is 0 Å². The van der Waals surface area contributed by atoms with Gasteiger partial charge in [0.15, 0.2) is 0 Å². The molecule has 0 bridgehead atoms. The van der Waals surface area contributed by atoms with E-state index < -0.39 is 0 Å². The highest BCUT2D eigenvalue weighted by Gasteiger charge is 2.17. The highest BCUT2D eigenvalue weighted by molar-refractivity contribution is 5.93. The maximum absolute atomic E-state index is 12.5. The summed E-state index contributed by atoms with van der Waals surface area (Å²) in [5.41, 5.74) is 1.69. The Bertz CT molecular complexity index is 551. The molecule has 0 aliphatic rings. The lowest BCUT2D eigenvalue weighted by Crippen LogP contribution is -2.33. The number of aromatic nitrogens is 2. The van der Waals surface area contributed by atoms with Crippen LogP contribution in [0.2, 0.25) is 0 Å². The predicted octanol–water partition coefficient (Wildman–Crippen LogP) is 1.71. The molecule has 20 heavy (non-hydrogen) atoms. The van der Waals surface area contributed by atoms with E-state index in [1.54, 1.807) is 36.1 Å². The smallest absolute Gasteiger partial charge is 0.257 e. The molecule has 106 valence electrons. The summed E-state index contributed by atoms with van der Waals surface area (Å²) in [7, 11) is 3.43. The van der Waals surface area contributed by atoms with Crippen molar-refractivity contribution >= 4 is 5.91 Å². The zero-order valence-corrected chi connectivity index (χ0v) is 11.8. The van der Waals surface area contributed by atoms with Crippen LogP contribution in [-0.4, -0.2) is 40.8 Å². The summed E-state index contributed by atoms with van der Waals surface area (Å²) in [5.74, 6) is -0.0287. The normalized spacial score (nSPS) is 10.5. The van der Waals surface area contributed by atoms with Crippen molar-refractivity contribution in [3.05, 3.63) is 53.9 Å². The molecule has 0 aliphatic heterocycles. The third kappa shape index (κ3) is 3.68. The fourth-order valence-corrected chi connectivity index (χ4v) is 1.97. The van der Waals surface area contributed by atoms with E-state index in [0.717, 1.165) is 5.56 Å². The second kappa shape index (κ2) is 6.86. The Hall–Kier alpha value is -2.14. The number of ether oxygens (including phenoxy) is 1. The molecule has 0 saturated carbocycles. The molecular formula is C15H19N3O2. The molecule has 1 aromatic carbocycles. The standard InChI is InChI=1S/C15H19N3O2/c1-17-12-14(10-16-17)15(19)18(8-9-20-2)11-13-6-4-3-5-7-13/h3-7,10,12H,8-9,11H2,1-2H3. The first kappa shape index (κ1) is 14.3. The minimum absolute atomic E-state index is 0.0287. The number of carbonyl (C=O) groups is 1. The van der Waals surface area contributed by atoms with Gasteiger partial charge in [-0.3, -0.25) is 9.48 Å². The number of methoxy groups -OCH3 is 1. The van der Waals surface area contributed by atoms with Gasteiger partial charge >= 0.3 is 0 Å². The molecule has 0 saturated heterocycles. The van der Waals surface area contributed by atoms with Crippen LogP contribution in [0.3, 0.4) is 0 Å². The van der Waals surface area contributed by atoms with Crippen molar-refractivity contribution in [2.24, 2.45) is 7.05 Å². The number of aryl methyl sites for hydroxylation is 1. The summed E-state index contributed by atoms with van der Waals surface area (Å²) in [5, 5.41) is 4.05. The molecule has 0 fully saturated rings. The topological polar surface area (TPSA) is 47.4 Å². The number of amides is 1. The Morgan fingerprint density at radius 1 is 1.35 bits per heavy atom. The van der Waals surface area contributed by atoms with Gasteiger partial charge in [0, 0.05) is 33.4 Å². The monoisotopic (exact) mass is 273 g/mol. The summed E-state index contributed by atoms with van der Waals surface area (Å²) < 4.78 is 6.72. The number of benzene rings is 1. The largest absolute Gasteiger partial charge is 0.383 e. The Morgan fingerprint density at radius 3 is 2.70 bits per heavy atom. The molecule has 2 aromatic rings. The van der Waals surface area contributed by atoms with Crippen molar-refractivity contribution in [2.45, 2.75) is 6.54 Å². The van der Waals surface area contributed by atoms with Crippen molar-refractivity contribution in [2.75, 3.05) is 20.3 Å². The van der Waals surface area contributed by atoms with Crippen LogP contribution in [0.15, 0.2) is 42.7 Å². The first-order valence-electron chi connectivity index (χ1n) is 6.51. The number of hydrogen-bond donors (Lipinski definition) is 0. The van der Waals surface area contributed by atoms with E-state index in [0.29, 0.717) is 25.3 Å². The Morgan fingerprint density at radius 2 is 2.10 bits per heavy atom. The van der Waals surface area contributed by atoms with Gasteiger partial charge in [-0.1, -0.05) is 30.3 Å². The van der Waals surface area contributed by atoms with Crippen molar-refractivity contribution in [1.29, 1.82) is 0 Å². The Kier molecular flexibility index (Phi) is 4.90. The molecule has 5 heteroatoms. The zero-order chi connectivity index (χ0) is 14.4. The Labute approximate surface area is 118 Å². The summed E-state index contributed by atoms with van der Waals surface area (Å²) in [6.07, 6.45) is 3.32. The van der Waals surface area contributed by atoms with Crippen LogP contribution in [0.4, 0.5) is 0 Å². The van der Waals surface area contributed by atoms with Crippen molar-refractivity contribution < 1.29 is 9.53 Å². The van der Waals surface area contributed by atoms with E-state index in [4.69, 9.17) is 4.74 Å². The van der Waals surface area contributed by atoms with Gasteiger partial charge in [0.05, 0.1) is 18.4 Å². The fraction of sp³-hybridized carbons (Fsp3) is 0.333. The van der Waals surface area contributed by atoms with Crippen LogP contribution in [0.25, 0.3) is 0 Å². The highest BCUT2D eigenvalue weighted by atomic mass is 16.5.